The Morgan fingerprint density at radius 1 is 0.370 bits per heavy atom. The van der Waals surface area contributed by atoms with Crippen LogP contribution < -0.4 is 0 Å². The van der Waals surface area contributed by atoms with E-state index in [1.165, 1.54) is 0 Å². The third-order valence-electron chi connectivity index (χ3n) is 8.93. The predicted molar refractivity (Wildman–Crippen MR) is 192 cm³/mol. The molecule has 0 spiro atoms. The number of para-hydroxylation sites is 2. The molecular formula is C44H26O2. The molecule has 2 heterocycles. The van der Waals surface area contributed by atoms with Crippen LogP contribution in [0.5, 0.6) is 0 Å². The lowest BCUT2D eigenvalue weighted by atomic mass is 9.83. The molecular weight excluding hydrogens is 560 g/mol. The molecule has 0 N–H and O–H groups in total. The number of furan rings is 2. The van der Waals surface area contributed by atoms with Crippen LogP contribution in [0.3, 0.4) is 0 Å². The van der Waals surface area contributed by atoms with Gasteiger partial charge in [-0.2, -0.15) is 0 Å². The Morgan fingerprint density at radius 2 is 0.891 bits per heavy atom. The summed E-state index contributed by atoms with van der Waals surface area (Å²) in [6, 6.07) is 30.9. The van der Waals surface area contributed by atoms with Crippen LogP contribution in [0, 0.1) is 0 Å². The minimum absolute atomic E-state index is 0.128. The molecule has 214 valence electrons. The molecule has 0 atom stereocenters. The van der Waals surface area contributed by atoms with Crippen molar-refractivity contribution in [3.63, 3.8) is 0 Å². The first-order valence-corrected chi connectivity index (χ1v) is 15.0. The summed E-state index contributed by atoms with van der Waals surface area (Å²) < 4.78 is 86.1. The maximum absolute atomic E-state index is 9.46. The van der Waals surface area contributed by atoms with E-state index in [1.54, 1.807) is 6.07 Å². The molecule has 0 fully saturated rings. The second-order valence-electron chi connectivity index (χ2n) is 11.4. The van der Waals surface area contributed by atoms with Gasteiger partial charge in [0.15, 0.2) is 0 Å². The van der Waals surface area contributed by atoms with Crippen molar-refractivity contribution in [3.05, 3.63) is 158 Å². The largest absolute Gasteiger partial charge is 0.456 e. The molecule has 0 unspecified atom stereocenters. The Bertz CT molecular complexity index is 3170. The Kier molecular flexibility index (Phi) is 3.92. The molecule has 2 nitrogen and oxygen atoms in total. The maximum atomic E-state index is 9.46. The fourth-order valence-electron chi connectivity index (χ4n) is 7.03. The van der Waals surface area contributed by atoms with Crippen molar-refractivity contribution >= 4 is 65.4 Å². The van der Waals surface area contributed by atoms with E-state index in [2.05, 4.69) is 0 Å². The van der Waals surface area contributed by atoms with Crippen molar-refractivity contribution in [2.75, 3.05) is 0 Å². The second-order valence-corrected chi connectivity index (χ2v) is 11.4. The van der Waals surface area contributed by atoms with Crippen molar-refractivity contribution in [2.24, 2.45) is 0 Å². The summed E-state index contributed by atoms with van der Waals surface area (Å²) in [7, 11) is 0. The van der Waals surface area contributed by atoms with E-state index in [-0.39, 0.29) is 51.3 Å². The standard InChI is InChI=1S/C44H26O2/c1-2-13-27(14-3-1)28-15-4-5-16-29(28)40-30-17-6-8-19-32(30)41(33-20-9-7-18-31(33)40)35-22-12-23-36-43-39(46-44(35)36)26-25-38-42(43)34-21-10-11-24-37(34)45-38/h1-26H/i6D,7D,8D,9D,17D,18D,19D,20D. The van der Waals surface area contributed by atoms with Gasteiger partial charge in [0, 0.05) is 32.7 Å². The van der Waals surface area contributed by atoms with E-state index in [0.717, 1.165) is 38.3 Å². The van der Waals surface area contributed by atoms with E-state index in [0.29, 0.717) is 33.4 Å². The molecule has 0 bridgehead atoms. The lowest BCUT2D eigenvalue weighted by Crippen LogP contribution is -1.92. The average molecular weight is 595 g/mol. The van der Waals surface area contributed by atoms with Crippen molar-refractivity contribution in [3.8, 4) is 33.4 Å². The predicted octanol–water partition coefficient (Wildman–Crippen LogP) is 12.8. The summed E-state index contributed by atoms with van der Waals surface area (Å²) in [6.45, 7) is 0. The Hall–Kier alpha value is -6.12. The van der Waals surface area contributed by atoms with Gasteiger partial charge >= 0.3 is 0 Å². The molecule has 10 aromatic rings. The van der Waals surface area contributed by atoms with Crippen LogP contribution >= 0.6 is 0 Å². The van der Waals surface area contributed by atoms with Gasteiger partial charge in [0.2, 0.25) is 0 Å². The average Bonchev–Trinajstić information content (AvgIpc) is 3.78. The number of rotatable bonds is 3. The number of benzene rings is 8. The zero-order valence-corrected chi connectivity index (χ0v) is 24.2. The number of hydrogen-bond donors (Lipinski definition) is 0. The van der Waals surface area contributed by atoms with Crippen LogP contribution in [0.25, 0.3) is 98.8 Å². The van der Waals surface area contributed by atoms with Crippen LogP contribution in [0.1, 0.15) is 11.0 Å². The number of fused-ring (bicyclic) bond motifs is 9. The lowest BCUT2D eigenvalue weighted by Gasteiger charge is -2.19. The third kappa shape index (κ3) is 3.53. The first-order valence-electron chi connectivity index (χ1n) is 19.0. The minimum Gasteiger partial charge on any atom is -0.456 e. The molecule has 0 radical (unpaired) electrons. The minimum atomic E-state index is -0.459. The summed E-state index contributed by atoms with van der Waals surface area (Å²) in [5.41, 5.74) is 5.48. The molecule has 10 rings (SSSR count). The van der Waals surface area contributed by atoms with Gasteiger partial charge in [0.05, 0.1) is 11.0 Å². The molecule has 2 aromatic heterocycles. The van der Waals surface area contributed by atoms with Gasteiger partial charge in [0.1, 0.15) is 22.3 Å². The molecule has 0 amide bonds. The summed E-state index contributed by atoms with van der Waals surface area (Å²) in [4.78, 5) is 0. The monoisotopic (exact) mass is 594 g/mol. The normalized spacial score (nSPS) is 14.3. The third-order valence-corrected chi connectivity index (χ3v) is 8.93. The highest BCUT2D eigenvalue weighted by Crippen LogP contribution is 2.49. The summed E-state index contributed by atoms with van der Waals surface area (Å²) in [5, 5.41) is 3.85. The van der Waals surface area contributed by atoms with Crippen molar-refractivity contribution in [2.45, 2.75) is 0 Å². The zero-order valence-electron chi connectivity index (χ0n) is 32.2. The molecule has 2 heteroatoms. The fraction of sp³-hybridized carbons (Fsp3) is 0. The highest BCUT2D eigenvalue weighted by molar-refractivity contribution is 6.29. The summed E-state index contributed by atoms with van der Waals surface area (Å²) in [5.74, 6) is 0. The zero-order chi connectivity index (χ0) is 37.2. The van der Waals surface area contributed by atoms with Crippen LogP contribution in [0.2, 0.25) is 0 Å². The Morgan fingerprint density at radius 3 is 1.61 bits per heavy atom. The van der Waals surface area contributed by atoms with Gasteiger partial charge in [-0.25, -0.2) is 0 Å². The van der Waals surface area contributed by atoms with Crippen LogP contribution in [-0.2, 0) is 0 Å². The molecule has 46 heavy (non-hydrogen) atoms. The summed E-state index contributed by atoms with van der Waals surface area (Å²) in [6.07, 6.45) is 0. The van der Waals surface area contributed by atoms with Crippen molar-refractivity contribution in [1.82, 2.24) is 0 Å². The Labute approximate surface area is 276 Å². The quantitative estimate of drug-likeness (QED) is 0.190. The smallest absolute Gasteiger partial charge is 0.143 e. The van der Waals surface area contributed by atoms with Gasteiger partial charge in [-0.1, -0.05) is 139 Å². The molecule has 0 aliphatic heterocycles. The van der Waals surface area contributed by atoms with Gasteiger partial charge in [0.25, 0.3) is 0 Å². The van der Waals surface area contributed by atoms with E-state index < -0.39 is 24.2 Å². The van der Waals surface area contributed by atoms with E-state index in [1.807, 2.05) is 103 Å². The van der Waals surface area contributed by atoms with Gasteiger partial charge in [-0.15, -0.1) is 0 Å². The van der Waals surface area contributed by atoms with Crippen LogP contribution in [0.15, 0.2) is 166 Å². The Balaban J connectivity index is 1.47. The molecule has 0 saturated carbocycles. The van der Waals surface area contributed by atoms with Crippen molar-refractivity contribution in [1.29, 1.82) is 0 Å². The molecule has 8 aromatic carbocycles. The highest BCUT2D eigenvalue weighted by Gasteiger charge is 2.23. The SMILES string of the molecule is [2H]c1c([2H])c([2H])c2c(-c3cccc4c3oc3ccc5oc6ccccc6c5c34)c3c([2H])c([2H])c([2H])c([2H])c3c(-c3ccccc3-c3ccccc3)c2c1[2H]. The molecule has 0 aliphatic rings. The number of hydrogen-bond acceptors (Lipinski definition) is 2. The van der Waals surface area contributed by atoms with Crippen molar-refractivity contribution < 1.29 is 19.8 Å². The topological polar surface area (TPSA) is 26.3 Å². The fourth-order valence-corrected chi connectivity index (χ4v) is 7.03. The first kappa shape index (κ1) is 18.6. The molecule has 0 saturated heterocycles. The van der Waals surface area contributed by atoms with E-state index >= 15 is 0 Å². The van der Waals surface area contributed by atoms with Gasteiger partial charge in [-0.05, 0) is 62.0 Å². The van der Waals surface area contributed by atoms with E-state index in [4.69, 9.17) is 14.3 Å². The summed E-state index contributed by atoms with van der Waals surface area (Å²) >= 11 is 0. The van der Waals surface area contributed by atoms with Gasteiger partial charge in [-0.3, -0.25) is 0 Å². The van der Waals surface area contributed by atoms with Gasteiger partial charge < -0.3 is 8.83 Å². The first-order chi connectivity index (χ1) is 26.2. The molecule has 0 aliphatic carbocycles. The highest BCUT2D eigenvalue weighted by atomic mass is 16.3. The van der Waals surface area contributed by atoms with E-state index in [9.17, 15) is 5.48 Å². The lowest BCUT2D eigenvalue weighted by molar-refractivity contribution is 0.663. The second kappa shape index (κ2) is 9.69. The van der Waals surface area contributed by atoms with Crippen LogP contribution in [-0.4, -0.2) is 0 Å². The van der Waals surface area contributed by atoms with Crippen LogP contribution in [0.4, 0.5) is 0 Å². The maximum Gasteiger partial charge on any atom is 0.143 e.